The summed E-state index contributed by atoms with van der Waals surface area (Å²) in [7, 11) is 1.17. The molecule has 0 unspecified atom stereocenters. The van der Waals surface area contributed by atoms with Crippen LogP contribution >= 0.6 is 11.6 Å². The minimum atomic E-state index is -5.23. The number of carbonyl (C=O) groups is 2. The van der Waals surface area contributed by atoms with E-state index in [1.54, 1.807) is 0 Å². The Morgan fingerprint density at radius 1 is 1.09 bits per heavy atom. The van der Waals surface area contributed by atoms with Crippen LogP contribution in [-0.4, -0.2) is 73.4 Å². The predicted molar refractivity (Wildman–Crippen MR) is 209 cm³/mol. The van der Waals surface area contributed by atoms with Gasteiger partial charge >= 0.3 is 18.1 Å². The Morgan fingerprint density at radius 2 is 1.86 bits per heavy atom. The van der Waals surface area contributed by atoms with Crippen molar-refractivity contribution in [1.82, 2.24) is 15.2 Å². The number of hydrogen-bond acceptors (Lipinski definition) is 7. The molecule has 2 saturated heterocycles. The van der Waals surface area contributed by atoms with E-state index in [2.05, 4.69) is 47.2 Å². The second-order valence-electron chi connectivity index (χ2n) is 17.6. The maximum Gasteiger partial charge on any atom is 0.471 e. The van der Waals surface area contributed by atoms with Crippen LogP contribution in [0.25, 0.3) is 0 Å². The van der Waals surface area contributed by atoms with E-state index in [9.17, 15) is 22.8 Å². The Bertz CT molecular complexity index is 1970. The minimum absolute atomic E-state index is 0.00173. The SMILES string of the molecule is COC(=O)C1(N(C(=O)C(F)(F)F)c2cccc(Cl)c2)CCC2(CC1)c1cc(CN3CC4(CNC4)C3)ccc1C[C@@H]2C[C@@H](C)COc1ccnc2c1[C@H](C)CCC2. The molecule has 1 saturated carbocycles. The molecule has 0 radical (unpaired) electrons. The number of likely N-dealkylation sites (tertiary alicyclic amines) is 1. The van der Waals surface area contributed by atoms with Gasteiger partial charge in [0.2, 0.25) is 0 Å². The van der Waals surface area contributed by atoms with Crippen molar-refractivity contribution in [2.75, 3.05) is 44.8 Å². The molecule has 3 heterocycles. The normalized spacial score (nSPS) is 27.1. The van der Waals surface area contributed by atoms with Crippen LogP contribution in [0.3, 0.4) is 0 Å². The smallest absolute Gasteiger partial charge is 0.471 e. The zero-order chi connectivity index (χ0) is 39.5. The van der Waals surface area contributed by atoms with Crippen molar-refractivity contribution in [2.24, 2.45) is 17.3 Å². The molecule has 2 spiro atoms. The number of nitrogens with zero attached hydrogens (tertiary/aromatic N) is 3. The first-order chi connectivity index (χ1) is 26.8. The van der Waals surface area contributed by atoms with E-state index >= 15 is 0 Å². The number of fused-ring (bicyclic) bond motifs is 3. The predicted octanol–water partition coefficient (Wildman–Crippen LogP) is 8.18. The van der Waals surface area contributed by atoms with Gasteiger partial charge in [0.1, 0.15) is 11.3 Å². The molecule has 300 valence electrons. The van der Waals surface area contributed by atoms with Crippen molar-refractivity contribution in [3.05, 3.63) is 87.7 Å². The fourth-order valence-corrected chi connectivity index (χ4v) is 11.2. The number of benzene rings is 2. The Kier molecular flexibility index (Phi) is 10.4. The summed E-state index contributed by atoms with van der Waals surface area (Å²) >= 11 is 6.27. The number of pyridine rings is 1. The zero-order valence-electron chi connectivity index (χ0n) is 32.5. The number of aryl methyl sites for hydroxylation is 1. The van der Waals surface area contributed by atoms with Crippen LogP contribution in [0.2, 0.25) is 5.02 Å². The highest BCUT2D eigenvalue weighted by Gasteiger charge is 2.60. The largest absolute Gasteiger partial charge is 0.493 e. The standard InChI is InChI=1S/C44H52ClF3N4O4/c1-28(23-56-37-12-17-50-36-9-4-6-29(2)38(36)37)18-32-20-31-11-10-30(22-51-26-41(27-51)24-49-25-41)19-35(31)42(32)13-15-43(16-14-42,40(54)55-3)52(39(53)44(46,47)48)34-8-5-7-33(45)21-34/h5,7-8,10-12,17,19,21,28-29,32,49H,4,6,9,13-16,18,20,22-27H2,1-3H3/t28-,29-,32+,42?,43?/m1/s1. The molecule has 2 aromatic carbocycles. The first-order valence-corrected chi connectivity index (χ1v) is 20.5. The van der Waals surface area contributed by atoms with E-state index in [1.165, 1.54) is 53.6 Å². The second kappa shape index (κ2) is 14.9. The molecular weight excluding hydrogens is 741 g/mol. The van der Waals surface area contributed by atoms with Crippen LogP contribution < -0.4 is 15.0 Å². The Balaban J connectivity index is 1.10. The number of rotatable bonds is 10. The Hall–Kier alpha value is -3.67. The van der Waals surface area contributed by atoms with Gasteiger partial charge in [-0.05, 0) is 122 Å². The lowest BCUT2D eigenvalue weighted by Gasteiger charge is -2.56. The van der Waals surface area contributed by atoms with Crippen molar-refractivity contribution in [1.29, 1.82) is 0 Å². The van der Waals surface area contributed by atoms with Crippen molar-refractivity contribution >= 4 is 29.2 Å². The third-order valence-electron chi connectivity index (χ3n) is 13.7. The number of hydrogen-bond donors (Lipinski definition) is 1. The Labute approximate surface area is 332 Å². The molecule has 8 nitrogen and oxygen atoms in total. The van der Waals surface area contributed by atoms with Crippen molar-refractivity contribution < 1.29 is 32.2 Å². The number of carbonyl (C=O) groups excluding carboxylic acids is 2. The summed E-state index contributed by atoms with van der Waals surface area (Å²) < 4.78 is 55.2. The van der Waals surface area contributed by atoms with Crippen LogP contribution in [0.15, 0.2) is 54.7 Å². The summed E-state index contributed by atoms with van der Waals surface area (Å²) in [6.07, 6.45) is 2.29. The van der Waals surface area contributed by atoms with Gasteiger partial charge in [-0.15, -0.1) is 0 Å². The summed E-state index contributed by atoms with van der Waals surface area (Å²) in [5.74, 6) is -1.35. The summed E-state index contributed by atoms with van der Waals surface area (Å²) in [4.78, 5) is 35.1. The third-order valence-corrected chi connectivity index (χ3v) is 14.0. The number of methoxy groups -OCH3 is 1. The number of ether oxygens (including phenoxy) is 2. The molecule has 8 rings (SSSR count). The number of aromatic nitrogens is 1. The molecule has 2 aliphatic heterocycles. The third kappa shape index (κ3) is 6.99. The molecule has 0 bridgehead atoms. The number of halogens is 4. The Morgan fingerprint density at radius 3 is 2.54 bits per heavy atom. The van der Waals surface area contributed by atoms with Gasteiger partial charge in [-0.25, -0.2) is 4.79 Å². The van der Waals surface area contributed by atoms with Gasteiger partial charge in [0, 0.05) is 66.3 Å². The van der Waals surface area contributed by atoms with Gasteiger partial charge in [0.05, 0.1) is 13.7 Å². The number of alkyl halides is 3. The fourth-order valence-electron chi connectivity index (χ4n) is 11.0. The molecule has 1 N–H and O–H groups in total. The number of esters is 1. The highest BCUT2D eigenvalue weighted by Crippen LogP contribution is 2.58. The summed E-state index contributed by atoms with van der Waals surface area (Å²) in [5.41, 5.74) is 4.05. The molecule has 3 atom stereocenters. The molecular formula is C44H52ClF3N4O4. The van der Waals surface area contributed by atoms with Crippen molar-refractivity contribution in [2.45, 2.75) is 101 Å². The second-order valence-corrected chi connectivity index (χ2v) is 18.0. The van der Waals surface area contributed by atoms with E-state index in [0.717, 1.165) is 76.3 Å². The van der Waals surface area contributed by atoms with E-state index in [4.69, 9.17) is 21.1 Å². The lowest BCUT2D eigenvalue weighted by Crippen LogP contribution is -2.70. The molecule has 12 heteroatoms. The van der Waals surface area contributed by atoms with E-state index in [0.29, 0.717) is 35.7 Å². The minimum Gasteiger partial charge on any atom is -0.493 e. The van der Waals surface area contributed by atoms with Gasteiger partial charge in [0.25, 0.3) is 0 Å². The van der Waals surface area contributed by atoms with E-state index in [1.807, 2.05) is 12.3 Å². The summed E-state index contributed by atoms with van der Waals surface area (Å²) in [6.45, 7) is 10.1. The fraction of sp³-hybridized carbons (Fsp3) is 0.568. The molecule has 5 aliphatic rings. The first kappa shape index (κ1) is 39.2. The maximum absolute atomic E-state index is 14.4. The van der Waals surface area contributed by atoms with Crippen LogP contribution in [0, 0.1) is 17.3 Å². The highest BCUT2D eigenvalue weighted by molar-refractivity contribution is 6.31. The maximum atomic E-state index is 14.4. The lowest BCUT2D eigenvalue weighted by atomic mass is 9.59. The van der Waals surface area contributed by atoms with E-state index in [-0.39, 0.29) is 35.4 Å². The van der Waals surface area contributed by atoms with Crippen LogP contribution in [0.1, 0.15) is 92.7 Å². The molecule has 1 aromatic heterocycles. The zero-order valence-corrected chi connectivity index (χ0v) is 33.3. The van der Waals surface area contributed by atoms with Crippen LogP contribution in [-0.2, 0) is 39.1 Å². The quantitative estimate of drug-likeness (QED) is 0.208. The topological polar surface area (TPSA) is 84.0 Å². The van der Waals surface area contributed by atoms with Crippen LogP contribution in [0.4, 0.5) is 18.9 Å². The van der Waals surface area contributed by atoms with Crippen molar-refractivity contribution in [3.63, 3.8) is 0 Å². The van der Waals surface area contributed by atoms with E-state index < -0.39 is 29.0 Å². The molecule has 56 heavy (non-hydrogen) atoms. The molecule has 3 aromatic rings. The van der Waals surface area contributed by atoms with Gasteiger partial charge in [0.15, 0.2) is 0 Å². The van der Waals surface area contributed by atoms with Crippen molar-refractivity contribution in [3.8, 4) is 5.75 Å². The highest BCUT2D eigenvalue weighted by atomic mass is 35.5. The number of amides is 1. The average molecular weight is 793 g/mol. The molecule has 3 aliphatic carbocycles. The monoisotopic (exact) mass is 792 g/mol. The summed E-state index contributed by atoms with van der Waals surface area (Å²) in [6, 6.07) is 14.5. The van der Waals surface area contributed by atoms with Gasteiger partial charge < -0.3 is 14.8 Å². The van der Waals surface area contributed by atoms with Gasteiger partial charge in [-0.2, -0.15) is 13.2 Å². The molecule has 1 amide bonds. The first-order valence-electron chi connectivity index (χ1n) is 20.2. The number of anilines is 1. The molecule has 3 fully saturated rings. The van der Waals surface area contributed by atoms with Gasteiger partial charge in [-0.1, -0.05) is 49.7 Å². The number of nitrogens with one attached hydrogen (secondary N) is 1. The lowest BCUT2D eigenvalue weighted by molar-refractivity contribution is -0.174. The van der Waals surface area contributed by atoms with Gasteiger partial charge in [-0.3, -0.25) is 19.6 Å². The average Bonchev–Trinajstić information content (AvgIpc) is 3.42. The van der Waals surface area contributed by atoms with Crippen LogP contribution in [0.5, 0.6) is 5.75 Å². The summed E-state index contributed by atoms with van der Waals surface area (Å²) in [5, 5.41) is 3.56.